The first-order valence-electron chi connectivity index (χ1n) is 6.43. The minimum Gasteiger partial charge on any atom is -0.497 e. The van der Waals surface area contributed by atoms with Gasteiger partial charge in [-0.15, -0.1) is 0 Å². The maximum Gasteiger partial charge on any atom is 0.142 e. The number of methoxy groups -OCH3 is 2. The minimum absolute atomic E-state index is 0.846. The lowest BCUT2D eigenvalue weighted by molar-refractivity contribution is 0.414. The molecule has 20 heavy (non-hydrogen) atoms. The van der Waals surface area contributed by atoms with Gasteiger partial charge in [-0.2, -0.15) is 0 Å². The molecule has 2 rings (SSSR count). The first-order chi connectivity index (χ1) is 9.72. The maximum absolute atomic E-state index is 5.33. The summed E-state index contributed by atoms with van der Waals surface area (Å²) < 4.78 is 11.5. The molecule has 0 aliphatic rings. The normalized spacial score (nSPS) is 10.2. The lowest BCUT2D eigenvalue weighted by Gasteiger charge is -2.11. The Morgan fingerprint density at radius 2 is 1.75 bits per heavy atom. The first-order valence-corrected chi connectivity index (χ1v) is 7.22. The highest BCUT2D eigenvalue weighted by Crippen LogP contribution is 2.27. The summed E-state index contributed by atoms with van der Waals surface area (Å²) in [6, 6.07) is 14.1. The quantitative estimate of drug-likeness (QED) is 0.861. The second kappa shape index (κ2) is 7.20. The van der Waals surface area contributed by atoms with E-state index in [-0.39, 0.29) is 0 Å². The van der Waals surface area contributed by atoms with Gasteiger partial charge in [-0.05, 0) is 42.3 Å². The highest BCUT2D eigenvalue weighted by Gasteiger charge is 2.03. The second-order valence-corrected chi connectivity index (χ2v) is 5.29. The van der Waals surface area contributed by atoms with Crippen molar-refractivity contribution in [2.45, 2.75) is 6.42 Å². The lowest BCUT2D eigenvalue weighted by atomic mass is 10.1. The summed E-state index contributed by atoms with van der Waals surface area (Å²) in [5.74, 6) is 1.73. The lowest BCUT2D eigenvalue weighted by Crippen LogP contribution is -2.06. The number of anilines is 1. The highest BCUT2D eigenvalue weighted by atomic mass is 79.9. The Morgan fingerprint density at radius 1 is 1.00 bits per heavy atom. The summed E-state index contributed by atoms with van der Waals surface area (Å²) in [7, 11) is 3.36. The van der Waals surface area contributed by atoms with Crippen LogP contribution in [0.2, 0.25) is 0 Å². The fourth-order valence-electron chi connectivity index (χ4n) is 1.95. The predicted molar refractivity (Wildman–Crippen MR) is 85.9 cm³/mol. The molecule has 0 heterocycles. The molecule has 0 saturated carbocycles. The van der Waals surface area contributed by atoms with Crippen molar-refractivity contribution in [3.63, 3.8) is 0 Å². The van der Waals surface area contributed by atoms with Crippen LogP contribution in [0.1, 0.15) is 5.56 Å². The van der Waals surface area contributed by atoms with Crippen molar-refractivity contribution in [1.82, 2.24) is 0 Å². The molecule has 0 spiro atoms. The van der Waals surface area contributed by atoms with Gasteiger partial charge in [0.1, 0.15) is 11.5 Å². The van der Waals surface area contributed by atoms with Crippen molar-refractivity contribution in [3.8, 4) is 11.5 Å². The van der Waals surface area contributed by atoms with Gasteiger partial charge in [0.25, 0.3) is 0 Å². The van der Waals surface area contributed by atoms with Crippen LogP contribution in [0.15, 0.2) is 46.9 Å². The van der Waals surface area contributed by atoms with E-state index in [1.807, 2.05) is 30.3 Å². The van der Waals surface area contributed by atoms with E-state index in [9.17, 15) is 0 Å². The van der Waals surface area contributed by atoms with Crippen molar-refractivity contribution in [2.24, 2.45) is 0 Å². The number of nitrogens with one attached hydrogen (secondary N) is 1. The molecule has 0 fully saturated rings. The van der Waals surface area contributed by atoms with Gasteiger partial charge in [0, 0.05) is 11.0 Å². The third kappa shape index (κ3) is 3.90. The fourth-order valence-corrected chi connectivity index (χ4v) is 2.31. The third-order valence-electron chi connectivity index (χ3n) is 3.05. The Kier molecular flexibility index (Phi) is 5.30. The van der Waals surface area contributed by atoms with Crippen molar-refractivity contribution in [1.29, 1.82) is 0 Å². The van der Waals surface area contributed by atoms with Crippen LogP contribution in [0.5, 0.6) is 11.5 Å². The SMILES string of the molecule is COc1ccc(CCNc2cc(Br)ccc2OC)cc1. The molecule has 0 bridgehead atoms. The second-order valence-electron chi connectivity index (χ2n) is 4.37. The summed E-state index contributed by atoms with van der Waals surface area (Å²) in [6.07, 6.45) is 0.944. The van der Waals surface area contributed by atoms with E-state index in [0.717, 1.165) is 34.6 Å². The molecular weight excluding hydrogens is 318 g/mol. The monoisotopic (exact) mass is 335 g/mol. The van der Waals surface area contributed by atoms with E-state index in [1.54, 1.807) is 14.2 Å². The molecule has 4 heteroatoms. The van der Waals surface area contributed by atoms with Crippen LogP contribution in [0.3, 0.4) is 0 Å². The standard InChI is InChI=1S/C16H18BrNO2/c1-19-14-6-3-12(4-7-14)9-10-18-15-11-13(17)5-8-16(15)20-2/h3-8,11,18H,9-10H2,1-2H3. The molecule has 2 aromatic carbocycles. The van der Waals surface area contributed by atoms with Gasteiger partial charge in [0.15, 0.2) is 0 Å². The third-order valence-corrected chi connectivity index (χ3v) is 3.54. The van der Waals surface area contributed by atoms with Crippen LogP contribution < -0.4 is 14.8 Å². The Hall–Kier alpha value is -1.68. The Balaban J connectivity index is 1.93. The zero-order chi connectivity index (χ0) is 14.4. The molecule has 0 saturated heterocycles. The average Bonchev–Trinajstić information content (AvgIpc) is 2.48. The Bertz CT molecular complexity index is 555. The molecule has 106 valence electrons. The summed E-state index contributed by atoms with van der Waals surface area (Å²) in [5.41, 5.74) is 2.27. The fraction of sp³-hybridized carbons (Fsp3) is 0.250. The smallest absolute Gasteiger partial charge is 0.142 e. The molecular formula is C16H18BrNO2. The number of halogens is 1. The van der Waals surface area contributed by atoms with Crippen LogP contribution in [-0.2, 0) is 6.42 Å². The number of hydrogen-bond donors (Lipinski definition) is 1. The van der Waals surface area contributed by atoms with E-state index < -0.39 is 0 Å². The van der Waals surface area contributed by atoms with Gasteiger partial charge in [0.2, 0.25) is 0 Å². The van der Waals surface area contributed by atoms with Gasteiger partial charge in [0.05, 0.1) is 19.9 Å². The highest BCUT2D eigenvalue weighted by molar-refractivity contribution is 9.10. The molecule has 0 atom stereocenters. The number of ether oxygens (including phenoxy) is 2. The van der Waals surface area contributed by atoms with Crippen LogP contribution in [0.25, 0.3) is 0 Å². The number of rotatable bonds is 6. The molecule has 1 N–H and O–H groups in total. The van der Waals surface area contributed by atoms with Crippen LogP contribution in [0, 0.1) is 0 Å². The molecule has 0 aliphatic carbocycles. The zero-order valence-corrected chi connectivity index (χ0v) is 13.2. The Labute approximate surface area is 128 Å². The Morgan fingerprint density at radius 3 is 2.40 bits per heavy atom. The summed E-state index contributed by atoms with van der Waals surface area (Å²) in [6.45, 7) is 0.846. The summed E-state index contributed by atoms with van der Waals surface area (Å²) in [4.78, 5) is 0. The molecule has 0 amide bonds. The topological polar surface area (TPSA) is 30.5 Å². The molecule has 2 aromatic rings. The largest absolute Gasteiger partial charge is 0.497 e. The summed E-state index contributed by atoms with van der Waals surface area (Å²) in [5, 5.41) is 3.40. The minimum atomic E-state index is 0.846. The molecule has 0 aliphatic heterocycles. The zero-order valence-electron chi connectivity index (χ0n) is 11.7. The van der Waals surface area contributed by atoms with E-state index in [2.05, 4.69) is 33.4 Å². The van der Waals surface area contributed by atoms with Crippen molar-refractivity contribution in [3.05, 3.63) is 52.5 Å². The van der Waals surface area contributed by atoms with Crippen molar-refractivity contribution >= 4 is 21.6 Å². The van der Waals surface area contributed by atoms with Crippen LogP contribution in [-0.4, -0.2) is 20.8 Å². The van der Waals surface area contributed by atoms with E-state index >= 15 is 0 Å². The van der Waals surface area contributed by atoms with Crippen molar-refractivity contribution < 1.29 is 9.47 Å². The summed E-state index contributed by atoms with van der Waals surface area (Å²) >= 11 is 3.47. The average molecular weight is 336 g/mol. The molecule has 0 aromatic heterocycles. The number of hydrogen-bond acceptors (Lipinski definition) is 3. The van der Waals surface area contributed by atoms with Crippen LogP contribution >= 0.6 is 15.9 Å². The number of benzene rings is 2. The van der Waals surface area contributed by atoms with Gasteiger partial charge in [-0.3, -0.25) is 0 Å². The van der Waals surface area contributed by atoms with Crippen molar-refractivity contribution in [2.75, 3.05) is 26.1 Å². The van der Waals surface area contributed by atoms with E-state index in [4.69, 9.17) is 9.47 Å². The molecule has 0 unspecified atom stereocenters. The maximum atomic E-state index is 5.33. The molecule has 0 radical (unpaired) electrons. The van der Waals surface area contributed by atoms with E-state index in [0.29, 0.717) is 0 Å². The van der Waals surface area contributed by atoms with Gasteiger partial charge >= 0.3 is 0 Å². The van der Waals surface area contributed by atoms with Gasteiger partial charge < -0.3 is 14.8 Å². The first kappa shape index (κ1) is 14.7. The predicted octanol–water partition coefficient (Wildman–Crippen LogP) is 4.12. The van der Waals surface area contributed by atoms with E-state index in [1.165, 1.54) is 5.56 Å². The van der Waals surface area contributed by atoms with Gasteiger partial charge in [-0.25, -0.2) is 0 Å². The van der Waals surface area contributed by atoms with Crippen LogP contribution in [0.4, 0.5) is 5.69 Å². The van der Waals surface area contributed by atoms with Gasteiger partial charge in [-0.1, -0.05) is 28.1 Å². The molecule has 3 nitrogen and oxygen atoms in total.